The molecule has 0 amide bonds. The largest absolute Gasteiger partial charge is 0.490 e. The molecule has 0 aromatic heterocycles. The summed E-state index contributed by atoms with van der Waals surface area (Å²) in [6.45, 7) is 5.64. The van der Waals surface area contributed by atoms with Crippen LogP contribution in [0.3, 0.4) is 0 Å². The molecule has 0 aliphatic heterocycles. The van der Waals surface area contributed by atoms with Crippen molar-refractivity contribution in [3.05, 3.63) is 23.8 Å². The van der Waals surface area contributed by atoms with Crippen molar-refractivity contribution in [2.24, 2.45) is 0 Å². The first-order chi connectivity index (χ1) is 8.83. The summed E-state index contributed by atoms with van der Waals surface area (Å²) in [5, 5.41) is 0.790. The lowest BCUT2D eigenvalue weighted by Gasteiger charge is -2.14. The SMILES string of the molecule is CCCCCCOc1c(CBr)cccc1OCC. The maximum Gasteiger partial charge on any atom is 0.165 e. The van der Waals surface area contributed by atoms with Crippen LogP contribution in [0.15, 0.2) is 18.2 Å². The van der Waals surface area contributed by atoms with Crippen LogP contribution >= 0.6 is 15.9 Å². The van der Waals surface area contributed by atoms with Crippen molar-refractivity contribution < 1.29 is 9.47 Å². The van der Waals surface area contributed by atoms with E-state index in [1.807, 2.05) is 19.1 Å². The van der Waals surface area contributed by atoms with Gasteiger partial charge >= 0.3 is 0 Å². The number of rotatable bonds is 9. The van der Waals surface area contributed by atoms with Crippen LogP contribution in [0.5, 0.6) is 11.5 Å². The third-order valence-electron chi connectivity index (χ3n) is 2.75. The zero-order valence-corrected chi connectivity index (χ0v) is 13.0. The molecule has 0 unspecified atom stereocenters. The Balaban J connectivity index is 2.60. The van der Waals surface area contributed by atoms with Gasteiger partial charge in [0, 0.05) is 10.9 Å². The topological polar surface area (TPSA) is 18.5 Å². The number of alkyl halides is 1. The maximum atomic E-state index is 5.90. The fourth-order valence-electron chi connectivity index (χ4n) is 1.80. The third-order valence-corrected chi connectivity index (χ3v) is 3.35. The fourth-order valence-corrected chi connectivity index (χ4v) is 2.24. The van der Waals surface area contributed by atoms with Crippen molar-refractivity contribution in [1.29, 1.82) is 0 Å². The minimum Gasteiger partial charge on any atom is -0.490 e. The van der Waals surface area contributed by atoms with E-state index in [1.54, 1.807) is 0 Å². The first kappa shape index (κ1) is 15.4. The average Bonchev–Trinajstić information content (AvgIpc) is 2.40. The van der Waals surface area contributed by atoms with Crippen molar-refractivity contribution in [2.75, 3.05) is 13.2 Å². The van der Waals surface area contributed by atoms with Crippen LogP contribution in [0.4, 0.5) is 0 Å². The molecule has 0 bridgehead atoms. The Hall–Kier alpha value is -0.700. The Kier molecular flexibility index (Phi) is 7.90. The second-order valence-corrected chi connectivity index (χ2v) is 4.78. The van der Waals surface area contributed by atoms with E-state index in [0.29, 0.717) is 6.61 Å². The molecule has 3 heteroatoms. The Morgan fingerprint density at radius 3 is 2.56 bits per heavy atom. The highest BCUT2D eigenvalue weighted by atomic mass is 79.9. The molecule has 102 valence electrons. The Morgan fingerprint density at radius 2 is 1.89 bits per heavy atom. The van der Waals surface area contributed by atoms with Crippen molar-refractivity contribution in [3.8, 4) is 11.5 Å². The standard InChI is InChI=1S/C15H23BrO2/c1-3-5-6-7-11-18-15-13(12-16)9-8-10-14(15)17-4-2/h8-10H,3-7,11-12H2,1-2H3. The molecule has 1 aromatic rings. The number of unbranched alkanes of at least 4 members (excludes halogenated alkanes) is 3. The van der Waals surface area contributed by atoms with Crippen LogP contribution in [-0.4, -0.2) is 13.2 Å². The van der Waals surface area contributed by atoms with Gasteiger partial charge in [0.15, 0.2) is 11.5 Å². The van der Waals surface area contributed by atoms with Crippen LogP contribution in [0.1, 0.15) is 45.1 Å². The monoisotopic (exact) mass is 314 g/mol. The summed E-state index contributed by atoms with van der Waals surface area (Å²) in [6.07, 6.45) is 4.87. The third kappa shape index (κ3) is 4.89. The highest BCUT2D eigenvalue weighted by Gasteiger charge is 2.09. The van der Waals surface area contributed by atoms with Gasteiger partial charge < -0.3 is 9.47 Å². The quantitative estimate of drug-likeness (QED) is 0.475. The van der Waals surface area contributed by atoms with E-state index >= 15 is 0 Å². The van der Waals surface area contributed by atoms with E-state index < -0.39 is 0 Å². The number of ether oxygens (including phenoxy) is 2. The highest BCUT2D eigenvalue weighted by molar-refractivity contribution is 9.08. The zero-order chi connectivity index (χ0) is 13.2. The lowest BCUT2D eigenvalue weighted by atomic mass is 10.2. The molecular weight excluding hydrogens is 292 g/mol. The second kappa shape index (κ2) is 9.26. The molecular formula is C15H23BrO2. The number of hydrogen-bond donors (Lipinski definition) is 0. The minimum absolute atomic E-state index is 0.665. The fraction of sp³-hybridized carbons (Fsp3) is 0.600. The van der Waals surface area contributed by atoms with Gasteiger partial charge in [-0.1, -0.05) is 54.2 Å². The number of halogens is 1. The minimum atomic E-state index is 0.665. The predicted molar refractivity (Wildman–Crippen MR) is 79.9 cm³/mol. The van der Waals surface area contributed by atoms with Gasteiger partial charge in [-0.15, -0.1) is 0 Å². The molecule has 0 radical (unpaired) electrons. The summed E-state index contributed by atoms with van der Waals surface area (Å²) in [5.74, 6) is 1.75. The van der Waals surface area contributed by atoms with Crippen molar-refractivity contribution in [2.45, 2.75) is 44.9 Å². The smallest absolute Gasteiger partial charge is 0.165 e. The molecule has 0 saturated heterocycles. The second-order valence-electron chi connectivity index (χ2n) is 4.22. The van der Waals surface area contributed by atoms with Gasteiger partial charge in [0.1, 0.15) is 0 Å². The van der Waals surface area contributed by atoms with Gasteiger partial charge in [0.2, 0.25) is 0 Å². The molecule has 0 aliphatic carbocycles. The number of benzene rings is 1. The average molecular weight is 315 g/mol. The van der Waals surface area contributed by atoms with Crippen LogP contribution in [0.2, 0.25) is 0 Å². The predicted octanol–water partition coefficient (Wildman–Crippen LogP) is 4.94. The Bertz CT molecular complexity index is 339. The van der Waals surface area contributed by atoms with Gasteiger partial charge in [0.05, 0.1) is 13.2 Å². The molecule has 0 N–H and O–H groups in total. The van der Waals surface area contributed by atoms with E-state index in [2.05, 4.69) is 28.9 Å². The molecule has 18 heavy (non-hydrogen) atoms. The van der Waals surface area contributed by atoms with E-state index in [1.165, 1.54) is 19.3 Å². The normalized spacial score (nSPS) is 10.4. The lowest BCUT2D eigenvalue weighted by Crippen LogP contribution is -2.03. The first-order valence-electron chi connectivity index (χ1n) is 6.76. The molecule has 0 atom stereocenters. The van der Waals surface area contributed by atoms with E-state index in [4.69, 9.17) is 9.47 Å². The van der Waals surface area contributed by atoms with E-state index in [0.717, 1.165) is 35.4 Å². The highest BCUT2D eigenvalue weighted by Crippen LogP contribution is 2.32. The van der Waals surface area contributed by atoms with E-state index in [9.17, 15) is 0 Å². The summed E-state index contributed by atoms with van der Waals surface area (Å²) in [6, 6.07) is 6.04. The van der Waals surface area contributed by atoms with Crippen LogP contribution < -0.4 is 9.47 Å². The Morgan fingerprint density at radius 1 is 1.06 bits per heavy atom. The van der Waals surface area contributed by atoms with E-state index in [-0.39, 0.29) is 0 Å². The number of hydrogen-bond acceptors (Lipinski definition) is 2. The zero-order valence-electron chi connectivity index (χ0n) is 11.4. The Labute approximate surface area is 119 Å². The molecule has 2 nitrogen and oxygen atoms in total. The summed E-state index contributed by atoms with van der Waals surface area (Å²) >= 11 is 3.49. The van der Waals surface area contributed by atoms with Crippen LogP contribution in [0.25, 0.3) is 0 Å². The molecule has 0 fully saturated rings. The molecule has 0 saturated carbocycles. The van der Waals surface area contributed by atoms with Gasteiger partial charge in [-0.2, -0.15) is 0 Å². The van der Waals surface area contributed by atoms with Crippen LogP contribution in [0, 0.1) is 0 Å². The summed E-state index contributed by atoms with van der Waals surface area (Å²) < 4.78 is 11.5. The van der Waals surface area contributed by atoms with Crippen molar-refractivity contribution >= 4 is 15.9 Å². The van der Waals surface area contributed by atoms with Crippen molar-refractivity contribution in [3.63, 3.8) is 0 Å². The summed E-state index contributed by atoms with van der Waals surface area (Å²) in [5.41, 5.74) is 1.15. The molecule has 0 spiro atoms. The summed E-state index contributed by atoms with van der Waals surface area (Å²) in [4.78, 5) is 0. The lowest BCUT2D eigenvalue weighted by molar-refractivity contribution is 0.269. The number of para-hydroxylation sites is 1. The van der Waals surface area contributed by atoms with Gasteiger partial charge in [0.25, 0.3) is 0 Å². The summed E-state index contributed by atoms with van der Waals surface area (Å²) in [7, 11) is 0. The first-order valence-corrected chi connectivity index (χ1v) is 7.89. The van der Waals surface area contributed by atoms with Gasteiger partial charge in [-0.25, -0.2) is 0 Å². The maximum absolute atomic E-state index is 5.90. The molecule has 0 aliphatic rings. The molecule has 1 rings (SSSR count). The molecule has 1 aromatic carbocycles. The molecule has 0 heterocycles. The van der Waals surface area contributed by atoms with Gasteiger partial charge in [-0.05, 0) is 19.4 Å². The van der Waals surface area contributed by atoms with Crippen molar-refractivity contribution in [1.82, 2.24) is 0 Å². The van der Waals surface area contributed by atoms with Gasteiger partial charge in [-0.3, -0.25) is 0 Å². The van der Waals surface area contributed by atoms with Crippen LogP contribution in [-0.2, 0) is 5.33 Å².